The number of benzene rings is 2. The molecule has 0 bridgehead atoms. The quantitative estimate of drug-likeness (QED) is 0.908. The molecule has 0 radical (unpaired) electrons. The van der Waals surface area contributed by atoms with Crippen LogP contribution in [0.3, 0.4) is 0 Å². The second kappa shape index (κ2) is 6.31. The van der Waals surface area contributed by atoms with Gasteiger partial charge in [0.2, 0.25) is 0 Å². The minimum absolute atomic E-state index is 0.390. The molecule has 21 heavy (non-hydrogen) atoms. The third-order valence-corrected chi connectivity index (χ3v) is 4.20. The fourth-order valence-electron chi connectivity index (χ4n) is 2.82. The van der Waals surface area contributed by atoms with E-state index in [1.54, 1.807) is 0 Å². The van der Waals surface area contributed by atoms with Crippen molar-refractivity contribution in [1.82, 2.24) is 5.32 Å². The van der Waals surface area contributed by atoms with Gasteiger partial charge in [-0.3, -0.25) is 0 Å². The van der Waals surface area contributed by atoms with Crippen molar-refractivity contribution < 1.29 is 4.74 Å². The van der Waals surface area contributed by atoms with Gasteiger partial charge in [0.15, 0.2) is 0 Å². The molecule has 2 heteroatoms. The van der Waals surface area contributed by atoms with E-state index in [0.29, 0.717) is 6.04 Å². The third kappa shape index (κ3) is 3.27. The normalized spacial score (nSPS) is 17.1. The average Bonchev–Trinajstić information content (AvgIpc) is 2.54. The summed E-state index contributed by atoms with van der Waals surface area (Å²) in [7, 11) is 0. The Labute approximate surface area is 127 Å². The van der Waals surface area contributed by atoms with Crippen LogP contribution in [-0.4, -0.2) is 6.61 Å². The SMILES string of the molecule is CCc1ccc2c(c1)C(NCc1ccc(C)cc1)CCO2. The predicted molar refractivity (Wildman–Crippen MR) is 86.7 cm³/mol. The van der Waals surface area contributed by atoms with Crippen LogP contribution in [-0.2, 0) is 13.0 Å². The molecule has 0 spiro atoms. The van der Waals surface area contributed by atoms with Gasteiger partial charge in [0, 0.05) is 24.6 Å². The van der Waals surface area contributed by atoms with Crippen molar-refractivity contribution in [2.45, 2.75) is 39.3 Å². The molecule has 2 aromatic carbocycles. The molecule has 1 unspecified atom stereocenters. The van der Waals surface area contributed by atoms with Crippen LogP contribution in [0.2, 0.25) is 0 Å². The van der Waals surface area contributed by atoms with Crippen LogP contribution in [0.15, 0.2) is 42.5 Å². The minimum atomic E-state index is 0.390. The second-order valence-electron chi connectivity index (χ2n) is 5.78. The van der Waals surface area contributed by atoms with Gasteiger partial charge in [0.25, 0.3) is 0 Å². The molecule has 0 saturated heterocycles. The highest BCUT2D eigenvalue weighted by Gasteiger charge is 2.21. The molecular weight excluding hydrogens is 258 g/mol. The number of fused-ring (bicyclic) bond motifs is 1. The first-order chi connectivity index (χ1) is 10.3. The van der Waals surface area contributed by atoms with E-state index < -0.39 is 0 Å². The van der Waals surface area contributed by atoms with Crippen LogP contribution in [0.4, 0.5) is 0 Å². The zero-order valence-corrected chi connectivity index (χ0v) is 12.9. The standard InChI is InChI=1S/C19H23NO/c1-3-15-8-9-19-17(12-15)18(10-11-21-19)20-13-16-6-4-14(2)5-7-16/h4-9,12,18,20H,3,10-11,13H2,1-2H3. The van der Waals surface area contributed by atoms with E-state index >= 15 is 0 Å². The maximum atomic E-state index is 5.78. The summed E-state index contributed by atoms with van der Waals surface area (Å²) in [5.41, 5.74) is 5.33. The first kappa shape index (κ1) is 14.2. The van der Waals surface area contributed by atoms with E-state index in [2.05, 4.69) is 61.6 Å². The summed E-state index contributed by atoms with van der Waals surface area (Å²) in [6.45, 7) is 6.02. The van der Waals surface area contributed by atoms with Crippen molar-refractivity contribution in [3.05, 3.63) is 64.7 Å². The van der Waals surface area contributed by atoms with Crippen molar-refractivity contribution in [1.29, 1.82) is 0 Å². The Kier molecular flexibility index (Phi) is 4.26. The number of hydrogen-bond donors (Lipinski definition) is 1. The maximum Gasteiger partial charge on any atom is 0.124 e. The molecular formula is C19H23NO. The summed E-state index contributed by atoms with van der Waals surface area (Å²) in [5, 5.41) is 3.68. The number of rotatable bonds is 4. The summed E-state index contributed by atoms with van der Waals surface area (Å²) < 4.78 is 5.78. The lowest BCUT2D eigenvalue weighted by Crippen LogP contribution is -2.26. The van der Waals surface area contributed by atoms with Crippen molar-refractivity contribution in [2.24, 2.45) is 0 Å². The zero-order valence-electron chi connectivity index (χ0n) is 12.9. The lowest BCUT2D eigenvalue weighted by molar-refractivity contribution is 0.252. The largest absolute Gasteiger partial charge is 0.493 e. The molecule has 0 saturated carbocycles. The fraction of sp³-hybridized carbons (Fsp3) is 0.368. The van der Waals surface area contributed by atoms with Crippen LogP contribution in [0.5, 0.6) is 5.75 Å². The summed E-state index contributed by atoms with van der Waals surface area (Å²) >= 11 is 0. The molecule has 1 aliphatic rings. The highest BCUT2D eigenvalue weighted by atomic mass is 16.5. The molecule has 2 nitrogen and oxygen atoms in total. The van der Waals surface area contributed by atoms with E-state index in [9.17, 15) is 0 Å². The number of nitrogens with one attached hydrogen (secondary N) is 1. The highest BCUT2D eigenvalue weighted by molar-refractivity contribution is 5.41. The van der Waals surface area contributed by atoms with Gasteiger partial charge in [-0.2, -0.15) is 0 Å². The van der Waals surface area contributed by atoms with Crippen LogP contribution in [0.1, 0.15) is 41.6 Å². The van der Waals surface area contributed by atoms with E-state index in [-0.39, 0.29) is 0 Å². The van der Waals surface area contributed by atoms with E-state index in [1.807, 2.05) is 0 Å². The molecule has 2 aromatic rings. The smallest absolute Gasteiger partial charge is 0.124 e. The Morgan fingerprint density at radius 1 is 1.10 bits per heavy atom. The van der Waals surface area contributed by atoms with Gasteiger partial charge < -0.3 is 10.1 Å². The number of hydrogen-bond acceptors (Lipinski definition) is 2. The summed E-state index contributed by atoms with van der Waals surface area (Å²) in [6.07, 6.45) is 2.10. The Balaban J connectivity index is 1.73. The Morgan fingerprint density at radius 2 is 1.86 bits per heavy atom. The second-order valence-corrected chi connectivity index (χ2v) is 5.78. The Hall–Kier alpha value is -1.80. The minimum Gasteiger partial charge on any atom is -0.493 e. The molecule has 1 N–H and O–H groups in total. The molecule has 0 fully saturated rings. The first-order valence-electron chi connectivity index (χ1n) is 7.81. The lowest BCUT2D eigenvalue weighted by atomic mass is 9.97. The lowest BCUT2D eigenvalue weighted by Gasteiger charge is -2.27. The highest BCUT2D eigenvalue weighted by Crippen LogP contribution is 2.33. The molecule has 0 amide bonds. The van der Waals surface area contributed by atoms with Gasteiger partial charge in [0.05, 0.1) is 6.61 Å². The topological polar surface area (TPSA) is 21.3 Å². The van der Waals surface area contributed by atoms with Crippen LogP contribution in [0.25, 0.3) is 0 Å². The predicted octanol–water partition coefficient (Wildman–Crippen LogP) is 4.17. The number of ether oxygens (including phenoxy) is 1. The zero-order chi connectivity index (χ0) is 14.7. The Morgan fingerprint density at radius 3 is 2.62 bits per heavy atom. The van der Waals surface area contributed by atoms with Gasteiger partial charge in [0.1, 0.15) is 5.75 Å². The molecule has 0 aromatic heterocycles. The van der Waals surface area contributed by atoms with Crippen molar-refractivity contribution >= 4 is 0 Å². The van der Waals surface area contributed by atoms with E-state index in [4.69, 9.17) is 4.74 Å². The van der Waals surface area contributed by atoms with Crippen molar-refractivity contribution in [3.8, 4) is 5.75 Å². The van der Waals surface area contributed by atoms with Crippen LogP contribution >= 0.6 is 0 Å². The van der Waals surface area contributed by atoms with Gasteiger partial charge >= 0.3 is 0 Å². The van der Waals surface area contributed by atoms with E-state index in [0.717, 1.165) is 31.7 Å². The van der Waals surface area contributed by atoms with Gasteiger partial charge in [-0.15, -0.1) is 0 Å². The van der Waals surface area contributed by atoms with Crippen molar-refractivity contribution in [2.75, 3.05) is 6.61 Å². The summed E-state index contributed by atoms with van der Waals surface area (Å²) in [4.78, 5) is 0. The summed E-state index contributed by atoms with van der Waals surface area (Å²) in [6, 6.07) is 15.7. The first-order valence-corrected chi connectivity index (χ1v) is 7.81. The maximum absolute atomic E-state index is 5.78. The molecule has 110 valence electrons. The van der Waals surface area contributed by atoms with Gasteiger partial charge in [-0.05, 0) is 30.5 Å². The van der Waals surface area contributed by atoms with E-state index in [1.165, 1.54) is 22.3 Å². The number of aryl methyl sites for hydroxylation is 2. The van der Waals surface area contributed by atoms with Gasteiger partial charge in [-0.1, -0.05) is 48.9 Å². The molecule has 3 rings (SSSR count). The monoisotopic (exact) mass is 281 g/mol. The van der Waals surface area contributed by atoms with Crippen LogP contribution < -0.4 is 10.1 Å². The summed E-state index contributed by atoms with van der Waals surface area (Å²) in [5.74, 6) is 1.04. The molecule has 1 aliphatic heterocycles. The van der Waals surface area contributed by atoms with Gasteiger partial charge in [-0.25, -0.2) is 0 Å². The van der Waals surface area contributed by atoms with Crippen LogP contribution in [0, 0.1) is 6.92 Å². The third-order valence-electron chi connectivity index (χ3n) is 4.20. The fourth-order valence-corrected chi connectivity index (χ4v) is 2.82. The average molecular weight is 281 g/mol. The van der Waals surface area contributed by atoms with Crippen molar-refractivity contribution in [3.63, 3.8) is 0 Å². The molecule has 1 heterocycles. The molecule has 0 aliphatic carbocycles. The molecule has 1 atom stereocenters. The Bertz CT molecular complexity index is 603.